The van der Waals surface area contributed by atoms with Crippen LogP contribution in [-0.4, -0.2) is 18.1 Å². The largest absolute Gasteiger partial charge is 0.497 e. The molecular formula is C21H20FO3P. The van der Waals surface area contributed by atoms with E-state index >= 15 is 4.39 Å². The van der Waals surface area contributed by atoms with Gasteiger partial charge in [-0.1, -0.05) is 72.8 Å². The first-order valence-corrected chi connectivity index (χ1v) is 10.0. The third-order valence-corrected chi connectivity index (χ3v) is 7.45. The number of benzene rings is 3. The van der Waals surface area contributed by atoms with Crippen molar-refractivity contribution in [2.24, 2.45) is 0 Å². The van der Waals surface area contributed by atoms with Crippen LogP contribution in [0.1, 0.15) is 11.7 Å². The summed E-state index contributed by atoms with van der Waals surface area (Å²) in [4.78, 5) is 0. The molecule has 0 saturated heterocycles. The van der Waals surface area contributed by atoms with E-state index in [0.29, 0.717) is 21.9 Å². The van der Waals surface area contributed by atoms with Gasteiger partial charge < -0.3 is 14.4 Å². The van der Waals surface area contributed by atoms with Gasteiger partial charge in [0.2, 0.25) is 0 Å². The van der Waals surface area contributed by atoms with Crippen molar-refractivity contribution in [3.8, 4) is 5.75 Å². The highest BCUT2D eigenvalue weighted by atomic mass is 31.2. The van der Waals surface area contributed by atoms with Crippen LogP contribution in [-0.2, 0) is 4.57 Å². The van der Waals surface area contributed by atoms with Gasteiger partial charge in [0.15, 0.2) is 13.1 Å². The maximum Gasteiger partial charge on any atom is 0.190 e. The van der Waals surface area contributed by atoms with Crippen molar-refractivity contribution in [3.63, 3.8) is 0 Å². The quantitative estimate of drug-likeness (QED) is 0.666. The number of aliphatic hydroxyl groups excluding tert-OH is 1. The van der Waals surface area contributed by atoms with Gasteiger partial charge in [0.25, 0.3) is 0 Å². The summed E-state index contributed by atoms with van der Waals surface area (Å²) >= 11 is 0. The first kappa shape index (κ1) is 18.4. The SMILES string of the molecule is COc1ccc([C@H](O)[C@@H](F)P(=O)(c2ccccc2)c2ccccc2)cc1. The predicted octanol–water partition coefficient (Wildman–Crippen LogP) is 4.04. The topological polar surface area (TPSA) is 46.5 Å². The molecule has 0 unspecified atom stereocenters. The molecular weight excluding hydrogens is 350 g/mol. The van der Waals surface area contributed by atoms with Crippen LogP contribution in [0.5, 0.6) is 5.75 Å². The zero-order chi connectivity index (χ0) is 18.6. The molecule has 0 radical (unpaired) electrons. The van der Waals surface area contributed by atoms with Crippen LogP contribution < -0.4 is 15.3 Å². The molecule has 0 aromatic heterocycles. The van der Waals surface area contributed by atoms with E-state index < -0.39 is 19.2 Å². The Morgan fingerprint density at radius 3 is 1.73 bits per heavy atom. The lowest BCUT2D eigenvalue weighted by atomic mass is 10.1. The molecule has 0 amide bonds. The number of methoxy groups -OCH3 is 1. The van der Waals surface area contributed by atoms with Crippen LogP contribution in [0.2, 0.25) is 0 Å². The molecule has 26 heavy (non-hydrogen) atoms. The number of hydrogen-bond acceptors (Lipinski definition) is 3. The van der Waals surface area contributed by atoms with E-state index in [0.717, 1.165) is 0 Å². The highest BCUT2D eigenvalue weighted by Gasteiger charge is 2.42. The zero-order valence-corrected chi connectivity index (χ0v) is 15.2. The summed E-state index contributed by atoms with van der Waals surface area (Å²) in [5.41, 5.74) is 0.352. The lowest BCUT2D eigenvalue weighted by molar-refractivity contribution is 0.119. The molecule has 1 N–H and O–H groups in total. The first-order chi connectivity index (χ1) is 12.6. The summed E-state index contributed by atoms with van der Waals surface area (Å²) in [5, 5.41) is 11.4. The second kappa shape index (κ2) is 7.86. The average Bonchev–Trinajstić information content (AvgIpc) is 2.73. The van der Waals surface area contributed by atoms with E-state index in [2.05, 4.69) is 0 Å². The Balaban J connectivity index is 2.05. The summed E-state index contributed by atoms with van der Waals surface area (Å²) in [6.45, 7) is 0. The molecule has 3 aromatic rings. The highest BCUT2D eigenvalue weighted by molar-refractivity contribution is 7.79. The van der Waals surface area contributed by atoms with Gasteiger partial charge in [0.05, 0.1) is 7.11 Å². The molecule has 0 saturated carbocycles. The molecule has 134 valence electrons. The Labute approximate surface area is 152 Å². The maximum absolute atomic E-state index is 15.5. The fourth-order valence-electron chi connectivity index (χ4n) is 2.89. The first-order valence-electron chi connectivity index (χ1n) is 8.24. The van der Waals surface area contributed by atoms with Crippen molar-refractivity contribution in [1.29, 1.82) is 0 Å². The number of halogens is 1. The normalized spacial score (nSPS) is 13.8. The van der Waals surface area contributed by atoms with E-state index in [4.69, 9.17) is 4.74 Å². The van der Waals surface area contributed by atoms with Gasteiger partial charge in [-0.3, -0.25) is 0 Å². The van der Waals surface area contributed by atoms with Crippen LogP contribution in [0, 0.1) is 0 Å². The highest BCUT2D eigenvalue weighted by Crippen LogP contribution is 2.53. The minimum Gasteiger partial charge on any atom is -0.497 e. The van der Waals surface area contributed by atoms with Gasteiger partial charge in [-0.25, -0.2) is 4.39 Å². The third-order valence-electron chi connectivity index (χ3n) is 4.34. The molecule has 0 aliphatic heterocycles. The molecule has 0 aliphatic carbocycles. The lowest BCUT2D eigenvalue weighted by Crippen LogP contribution is -2.27. The second-order valence-electron chi connectivity index (χ2n) is 5.92. The van der Waals surface area contributed by atoms with Gasteiger partial charge in [0.1, 0.15) is 11.9 Å². The molecule has 0 bridgehead atoms. The number of ether oxygens (including phenoxy) is 1. The second-order valence-corrected chi connectivity index (χ2v) is 8.76. The molecule has 0 spiro atoms. The van der Waals surface area contributed by atoms with Gasteiger partial charge >= 0.3 is 0 Å². The fourth-order valence-corrected chi connectivity index (χ4v) is 5.56. The minimum absolute atomic E-state index is 0.352. The van der Waals surface area contributed by atoms with Gasteiger partial charge in [-0.15, -0.1) is 0 Å². The smallest absolute Gasteiger partial charge is 0.190 e. The van der Waals surface area contributed by atoms with Crippen LogP contribution >= 0.6 is 7.14 Å². The van der Waals surface area contributed by atoms with Gasteiger partial charge in [-0.05, 0) is 17.7 Å². The van der Waals surface area contributed by atoms with Crippen molar-refractivity contribution in [2.75, 3.05) is 7.11 Å². The summed E-state index contributed by atoms with van der Waals surface area (Å²) < 4.78 is 34.5. The molecule has 0 aliphatic rings. The third kappa shape index (κ3) is 3.44. The Kier molecular flexibility index (Phi) is 5.55. The number of alkyl halides is 1. The summed E-state index contributed by atoms with van der Waals surface area (Å²) in [6.07, 6.45) is -1.52. The predicted molar refractivity (Wildman–Crippen MR) is 103 cm³/mol. The Morgan fingerprint density at radius 1 is 0.846 bits per heavy atom. The molecule has 5 heteroatoms. The Hall–Kier alpha value is -2.42. The van der Waals surface area contributed by atoms with Crippen LogP contribution in [0.3, 0.4) is 0 Å². The Bertz CT molecular complexity index is 839. The van der Waals surface area contributed by atoms with Crippen LogP contribution in [0.25, 0.3) is 0 Å². The van der Waals surface area contributed by atoms with Crippen molar-refractivity contribution < 1.29 is 18.8 Å². The summed E-state index contributed by atoms with van der Waals surface area (Å²) in [5.74, 6) is -1.37. The number of hydrogen-bond donors (Lipinski definition) is 1. The molecule has 0 fully saturated rings. The van der Waals surface area contributed by atoms with Gasteiger partial charge in [0, 0.05) is 10.6 Å². The van der Waals surface area contributed by atoms with E-state index in [1.165, 1.54) is 7.11 Å². The van der Waals surface area contributed by atoms with E-state index in [1.54, 1.807) is 84.9 Å². The van der Waals surface area contributed by atoms with Crippen molar-refractivity contribution in [2.45, 2.75) is 12.0 Å². The van der Waals surface area contributed by atoms with E-state index in [9.17, 15) is 9.67 Å². The van der Waals surface area contributed by atoms with E-state index in [1.807, 2.05) is 0 Å². The molecule has 3 nitrogen and oxygen atoms in total. The lowest BCUT2D eigenvalue weighted by Gasteiger charge is -2.27. The van der Waals surface area contributed by atoms with Crippen LogP contribution in [0.15, 0.2) is 84.9 Å². The average molecular weight is 370 g/mol. The zero-order valence-electron chi connectivity index (χ0n) is 14.3. The molecule has 3 aromatic carbocycles. The number of rotatable bonds is 6. The number of aliphatic hydroxyl groups is 1. The standard InChI is InChI=1S/C21H20FO3P/c1-25-17-14-12-16(13-15-17)20(23)21(22)26(24,18-8-4-2-5-9-18)19-10-6-3-7-11-19/h2-15,20-21,23H,1H3/t20-,21-/m0/s1. The summed E-state index contributed by atoms with van der Waals surface area (Å²) in [7, 11) is -2.17. The minimum atomic E-state index is -3.70. The molecule has 0 heterocycles. The molecule has 3 rings (SSSR count). The van der Waals surface area contributed by atoms with Crippen molar-refractivity contribution in [3.05, 3.63) is 90.5 Å². The fraction of sp³-hybridized carbons (Fsp3) is 0.143. The van der Waals surface area contributed by atoms with Crippen molar-refractivity contribution in [1.82, 2.24) is 0 Å². The Morgan fingerprint density at radius 2 is 1.31 bits per heavy atom. The van der Waals surface area contributed by atoms with Crippen molar-refractivity contribution >= 4 is 17.8 Å². The molecule has 2 atom stereocenters. The maximum atomic E-state index is 15.5. The van der Waals surface area contributed by atoms with Crippen LogP contribution in [0.4, 0.5) is 4.39 Å². The van der Waals surface area contributed by atoms with E-state index in [-0.39, 0.29) is 0 Å². The monoisotopic (exact) mass is 370 g/mol. The summed E-state index contributed by atoms with van der Waals surface area (Å²) in [6, 6.07) is 23.4. The van der Waals surface area contributed by atoms with Gasteiger partial charge in [-0.2, -0.15) is 0 Å².